The molecule has 0 saturated heterocycles. The van der Waals surface area contributed by atoms with E-state index in [2.05, 4.69) is 28.5 Å². The van der Waals surface area contributed by atoms with E-state index in [1.54, 1.807) is 0 Å². The monoisotopic (exact) mass is 329 g/mol. The van der Waals surface area contributed by atoms with E-state index >= 15 is 0 Å². The molecule has 1 aromatic heterocycles. The van der Waals surface area contributed by atoms with Gasteiger partial charge in [-0.15, -0.1) is 11.3 Å². The van der Waals surface area contributed by atoms with Gasteiger partial charge in [0.05, 0.1) is 11.5 Å². The molecule has 0 N–H and O–H groups in total. The Balaban J connectivity index is 1.58. The van der Waals surface area contributed by atoms with E-state index in [4.69, 9.17) is 11.6 Å². The molecule has 1 aromatic carbocycles. The van der Waals surface area contributed by atoms with Gasteiger partial charge in [-0.1, -0.05) is 23.7 Å². The van der Waals surface area contributed by atoms with Crippen molar-refractivity contribution in [3.8, 4) is 0 Å². The van der Waals surface area contributed by atoms with Crippen molar-refractivity contribution < 1.29 is 4.79 Å². The van der Waals surface area contributed by atoms with Crippen LogP contribution in [-0.2, 0) is 11.2 Å². The number of fused-ring (bicyclic) bond motifs is 2. The number of carbonyl (C=O) groups excluding carboxylic acids is 1. The van der Waals surface area contributed by atoms with Gasteiger partial charge in [0.2, 0.25) is 5.91 Å². The van der Waals surface area contributed by atoms with E-state index in [1.165, 1.54) is 16.0 Å². The summed E-state index contributed by atoms with van der Waals surface area (Å²) < 4.78 is 0. The van der Waals surface area contributed by atoms with Crippen molar-refractivity contribution in [3.05, 3.63) is 56.7 Å². The third kappa shape index (κ3) is 1.76. The fourth-order valence-electron chi connectivity index (χ4n) is 3.88. The molecule has 1 aliphatic heterocycles. The number of hydrogen-bond acceptors (Lipinski definition) is 2. The van der Waals surface area contributed by atoms with Gasteiger partial charge in [0.15, 0.2) is 0 Å². The molecule has 112 valence electrons. The van der Waals surface area contributed by atoms with Gasteiger partial charge in [0.25, 0.3) is 0 Å². The van der Waals surface area contributed by atoms with Gasteiger partial charge in [0, 0.05) is 16.4 Å². The average molecular weight is 330 g/mol. The Morgan fingerprint density at radius 2 is 1.95 bits per heavy atom. The second kappa shape index (κ2) is 4.36. The minimum Gasteiger partial charge on any atom is -0.331 e. The quantitative estimate of drug-likeness (QED) is 0.805. The Bertz CT molecular complexity index is 760. The van der Waals surface area contributed by atoms with E-state index in [-0.39, 0.29) is 11.5 Å². The average Bonchev–Trinajstić information content (AvgIpc) is 3.33. The van der Waals surface area contributed by atoms with Crippen LogP contribution in [0.4, 0.5) is 0 Å². The lowest BCUT2D eigenvalue weighted by Crippen LogP contribution is -2.42. The number of nitrogens with zero attached hydrogens (tertiary/aromatic N) is 1. The summed E-state index contributed by atoms with van der Waals surface area (Å²) in [5.41, 5.74) is 2.52. The molecule has 1 amide bonds. The van der Waals surface area contributed by atoms with E-state index in [0.717, 1.165) is 30.8 Å². The molecule has 1 unspecified atom stereocenters. The Hall–Kier alpha value is -1.32. The van der Waals surface area contributed by atoms with Crippen molar-refractivity contribution >= 4 is 28.8 Å². The van der Waals surface area contributed by atoms with Crippen LogP contribution < -0.4 is 0 Å². The van der Waals surface area contributed by atoms with Gasteiger partial charge in [-0.2, -0.15) is 0 Å². The van der Waals surface area contributed by atoms with Crippen LogP contribution in [0, 0.1) is 11.3 Å². The van der Waals surface area contributed by atoms with Crippen LogP contribution in [0.15, 0.2) is 35.7 Å². The number of hydrogen-bond donors (Lipinski definition) is 0. The molecule has 2 saturated carbocycles. The maximum atomic E-state index is 13.0. The van der Waals surface area contributed by atoms with E-state index in [0.29, 0.717) is 11.8 Å². The summed E-state index contributed by atoms with van der Waals surface area (Å²) in [6.07, 6.45) is 3.22. The SMILES string of the molecule is O=C(N1CCc2sccc2C1c1ccc(Cl)cc1)C12CC1C2. The van der Waals surface area contributed by atoms with Crippen molar-refractivity contribution in [2.45, 2.75) is 25.3 Å². The molecule has 1 atom stereocenters. The molecule has 0 radical (unpaired) electrons. The molecule has 0 bridgehead atoms. The van der Waals surface area contributed by atoms with Gasteiger partial charge in [0.1, 0.15) is 0 Å². The van der Waals surface area contributed by atoms with Crippen LogP contribution in [0.5, 0.6) is 0 Å². The number of benzene rings is 1. The zero-order valence-electron chi connectivity index (χ0n) is 12.1. The minimum atomic E-state index is 0.0399. The number of halogens is 1. The molecule has 2 aromatic rings. The van der Waals surface area contributed by atoms with Gasteiger partial charge >= 0.3 is 0 Å². The second-order valence-electron chi connectivity index (χ2n) is 6.76. The first-order valence-electron chi connectivity index (χ1n) is 7.82. The largest absolute Gasteiger partial charge is 0.331 e. The molecule has 3 aliphatic rings. The normalized spacial score (nSPS) is 31.4. The molecule has 2 heterocycles. The number of thiophene rings is 1. The molecule has 4 heteroatoms. The topological polar surface area (TPSA) is 20.3 Å². The first-order valence-corrected chi connectivity index (χ1v) is 9.08. The lowest BCUT2D eigenvalue weighted by Gasteiger charge is -2.37. The van der Waals surface area contributed by atoms with E-state index in [1.807, 2.05) is 23.5 Å². The Morgan fingerprint density at radius 1 is 1.23 bits per heavy atom. The summed E-state index contributed by atoms with van der Waals surface area (Å²) >= 11 is 7.85. The number of carbonyl (C=O) groups is 1. The van der Waals surface area contributed by atoms with E-state index < -0.39 is 0 Å². The molecule has 0 spiro atoms. The molecule has 5 rings (SSSR count). The van der Waals surface area contributed by atoms with Gasteiger partial charge in [-0.3, -0.25) is 4.79 Å². The van der Waals surface area contributed by atoms with Crippen LogP contribution in [0.1, 0.15) is 34.9 Å². The predicted molar refractivity (Wildman–Crippen MR) is 88.2 cm³/mol. The van der Waals surface area contributed by atoms with Gasteiger partial charge in [-0.25, -0.2) is 0 Å². The summed E-state index contributed by atoms with van der Waals surface area (Å²) in [5.74, 6) is 1.07. The maximum absolute atomic E-state index is 13.0. The summed E-state index contributed by atoms with van der Waals surface area (Å²) in [6.45, 7) is 0.841. The summed E-state index contributed by atoms with van der Waals surface area (Å²) in [6, 6.07) is 10.2. The van der Waals surface area contributed by atoms with Crippen LogP contribution in [0.2, 0.25) is 5.02 Å². The molecular weight excluding hydrogens is 314 g/mol. The van der Waals surface area contributed by atoms with Crippen molar-refractivity contribution in [2.75, 3.05) is 6.54 Å². The smallest absolute Gasteiger partial charge is 0.229 e. The van der Waals surface area contributed by atoms with Crippen LogP contribution in [0.3, 0.4) is 0 Å². The zero-order chi connectivity index (χ0) is 14.9. The van der Waals surface area contributed by atoms with Crippen molar-refractivity contribution in [1.29, 1.82) is 0 Å². The minimum absolute atomic E-state index is 0.0399. The summed E-state index contributed by atoms with van der Waals surface area (Å²) in [5, 5.41) is 2.89. The summed E-state index contributed by atoms with van der Waals surface area (Å²) in [4.78, 5) is 16.6. The maximum Gasteiger partial charge on any atom is 0.229 e. The highest BCUT2D eigenvalue weighted by atomic mass is 35.5. The van der Waals surface area contributed by atoms with Crippen LogP contribution in [0.25, 0.3) is 0 Å². The fraction of sp³-hybridized carbons (Fsp3) is 0.389. The Morgan fingerprint density at radius 3 is 2.64 bits per heavy atom. The first-order chi connectivity index (χ1) is 10.7. The third-order valence-corrected chi connectivity index (χ3v) is 6.77. The fourth-order valence-corrected chi connectivity index (χ4v) is 4.91. The van der Waals surface area contributed by atoms with E-state index in [9.17, 15) is 4.79 Å². The lowest BCUT2D eigenvalue weighted by atomic mass is 9.92. The lowest BCUT2D eigenvalue weighted by molar-refractivity contribution is -0.136. The molecule has 2 fully saturated rings. The molecular formula is C18H16ClNOS. The number of amides is 1. The molecule has 2 nitrogen and oxygen atoms in total. The van der Waals surface area contributed by atoms with Crippen LogP contribution >= 0.6 is 22.9 Å². The Labute approximate surface area is 138 Å². The first kappa shape index (κ1) is 13.1. The highest BCUT2D eigenvalue weighted by molar-refractivity contribution is 7.10. The highest BCUT2D eigenvalue weighted by Gasteiger charge is 2.75. The molecule has 22 heavy (non-hydrogen) atoms. The van der Waals surface area contributed by atoms with Crippen molar-refractivity contribution in [3.63, 3.8) is 0 Å². The van der Waals surface area contributed by atoms with Crippen LogP contribution in [-0.4, -0.2) is 17.4 Å². The van der Waals surface area contributed by atoms with Crippen molar-refractivity contribution in [2.24, 2.45) is 11.3 Å². The van der Waals surface area contributed by atoms with Gasteiger partial charge < -0.3 is 4.90 Å². The Kier molecular flexibility index (Phi) is 2.61. The molecule has 2 aliphatic carbocycles. The highest BCUT2D eigenvalue weighted by Crippen LogP contribution is 2.76. The van der Waals surface area contributed by atoms with Gasteiger partial charge in [-0.05, 0) is 59.9 Å². The predicted octanol–water partition coefficient (Wildman–Crippen LogP) is 4.29. The number of rotatable bonds is 2. The third-order valence-electron chi connectivity index (χ3n) is 5.52. The standard InChI is InChI=1S/C18H16ClNOS/c19-13-3-1-11(2-4-13)16-14-6-8-22-15(14)5-7-20(16)17(21)18-9-12(18)10-18/h1-4,6,8,12,16H,5,7,9-10H2. The summed E-state index contributed by atoms with van der Waals surface area (Å²) in [7, 11) is 0. The zero-order valence-corrected chi connectivity index (χ0v) is 13.7. The van der Waals surface area contributed by atoms with Crippen molar-refractivity contribution in [1.82, 2.24) is 4.90 Å². The second-order valence-corrected chi connectivity index (χ2v) is 8.20.